The fraction of sp³-hybridized carbons (Fsp3) is 0.647. The largest absolute Gasteiger partial charge is 0.493 e. The van der Waals surface area contributed by atoms with E-state index in [9.17, 15) is 0 Å². The Kier molecular flexibility index (Phi) is 6.34. The van der Waals surface area contributed by atoms with E-state index in [0.717, 1.165) is 24.5 Å². The first-order chi connectivity index (χ1) is 9.35. The summed E-state index contributed by atoms with van der Waals surface area (Å²) in [5.41, 5.74) is 1.41. The third-order valence-corrected chi connectivity index (χ3v) is 3.14. The molecular weight excluding hydrogens is 250 g/mol. The Balaban J connectivity index is 2.52. The van der Waals surface area contributed by atoms with E-state index in [1.54, 1.807) is 7.11 Å². The summed E-state index contributed by atoms with van der Waals surface area (Å²) in [4.78, 5) is 0. The highest BCUT2D eigenvalue weighted by Crippen LogP contribution is 2.28. The molecule has 3 nitrogen and oxygen atoms in total. The third-order valence-electron chi connectivity index (χ3n) is 3.14. The van der Waals surface area contributed by atoms with Gasteiger partial charge >= 0.3 is 0 Å². The van der Waals surface area contributed by atoms with Gasteiger partial charge in [-0.2, -0.15) is 0 Å². The van der Waals surface area contributed by atoms with Gasteiger partial charge in [-0.3, -0.25) is 0 Å². The summed E-state index contributed by atoms with van der Waals surface area (Å²) in [5.74, 6) is 2.09. The zero-order chi connectivity index (χ0) is 15.2. The van der Waals surface area contributed by atoms with Crippen molar-refractivity contribution in [3.63, 3.8) is 0 Å². The van der Waals surface area contributed by atoms with Gasteiger partial charge in [0.1, 0.15) is 0 Å². The number of benzene rings is 1. The predicted octanol–water partition coefficient (Wildman–Crippen LogP) is 3.66. The van der Waals surface area contributed by atoms with Crippen molar-refractivity contribution in [1.82, 2.24) is 5.32 Å². The van der Waals surface area contributed by atoms with E-state index in [4.69, 9.17) is 9.47 Å². The molecule has 1 aromatic carbocycles. The Morgan fingerprint density at radius 2 is 1.90 bits per heavy atom. The fourth-order valence-corrected chi connectivity index (χ4v) is 1.82. The van der Waals surface area contributed by atoms with Crippen LogP contribution in [-0.2, 0) is 6.42 Å². The number of hydrogen-bond donors (Lipinski definition) is 1. The summed E-state index contributed by atoms with van der Waals surface area (Å²) < 4.78 is 11.3. The lowest BCUT2D eigenvalue weighted by molar-refractivity contribution is 0.234. The molecule has 0 aliphatic rings. The van der Waals surface area contributed by atoms with Crippen molar-refractivity contribution < 1.29 is 9.47 Å². The second kappa shape index (κ2) is 7.53. The average Bonchev–Trinajstić information content (AvgIpc) is 2.41. The SMILES string of the molecule is CCc1ccc(OCC(C)CNC(C)(C)C)c(OC)c1. The summed E-state index contributed by atoms with van der Waals surface area (Å²) in [7, 11) is 1.69. The molecule has 0 aliphatic heterocycles. The van der Waals surface area contributed by atoms with Crippen LogP contribution in [0.15, 0.2) is 18.2 Å². The van der Waals surface area contributed by atoms with Gasteiger partial charge < -0.3 is 14.8 Å². The summed E-state index contributed by atoms with van der Waals surface area (Å²) in [5, 5.41) is 3.49. The van der Waals surface area contributed by atoms with Gasteiger partial charge in [0, 0.05) is 18.0 Å². The molecule has 0 saturated carbocycles. The summed E-state index contributed by atoms with van der Waals surface area (Å²) >= 11 is 0. The molecule has 0 spiro atoms. The van der Waals surface area contributed by atoms with Crippen LogP contribution in [0.2, 0.25) is 0 Å². The zero-order valence-electron chi connectivity index (χ0n) is 13.7. The molecule has 20 heavy (non-hydrogen) atoms. The van der Waals surface area contributed by atoms with Gasteiger partial charge in [0.25, 0.3) is 0 Å². The highest BCUT2D eigenvalue weighted by Gasteiger charge is 2.12. The first kappa shape index (κ1) is 16.8. The Hall–Kier alpha value is -1.22. The Morgan fingerprint density at radius 3 is 2.45 bits per heavy atom. The molecule has 0 aromatic heterocycles. The van der Waals surface area contributed by atoms with Crippen LogP contribution in [-0.4, -0.2) is 25.8 Å². The molecule has 1 aromatic rings. The minimum absolute atomic E-state index is 0.148. The number of ether oxygens (including phenoxy) is 2. The smallest absolute Gasteiger partial charge is 0.161 e. The minimum Gasteiger partial charge on any atom is -0.493 e. The van der Waals surface area contributed by atoms with Gasteiger partial charge in [0.15, 0.2) is 11.5 Å². The molecule has 1 N–H and O–H groups in total. The fourth-order valence-electron chi connectivity index (χ4n) is 1.82. The lowest BCUT2D eigenvalue weighted by Crippen LogP contribution is -2.39. The Labute approximate surface area is 123 Å². The lowest BCUT2D eigenvalue weighted by Gasteiger charge is -2.23. The first-order valence-corrected chi connectivity index (χ1v) is 7.40. The maximum atomic E-state index is 5.89. The number of hydrogen-bond acceptors (Lipinski definition) is 3. The molecule has 1 unspecified atom stereocenters. The zero-order valence-corrected chi connectivity index (χ0v) is 13.7. The molecule has 1 rings (SSSR count). The first-order valence-electron chi connectivity index (χ1n) is 7.40. The van der Waals surface area contributed by atoms with Crippen LogP contribution in [0, 0.1) is 5.92 Å². The summed E-state index contributed by atoms with van der Waals surface area (Å²) in [6, 6.07) is 6.14. The van der Waals surface area contributed by atoms with Gasteiger partial charge in [0.2, 0.25) is 0 Å². The van der Waals surface area contributed by atoms with E-state index in [-0.39, 0.29) is 5.54 Å². The summed E-state index contributed by atoms with van der Waals surface area (Å²) in [6.07, 6.45) is 1.00. The van der Waals surface area contributed by atoms with Crippen LogP contribution in [0.25, 0.3) is 0 Å². The number of methoxy groups -OCH3 is 1. The van der Waals surface area contributed by atoms with E-state index < -0.39 is 0 Å². The van der Waals surface area contributed by atoms with Crippen molar-refractivity contribution in [2.45, 2.75) is 46.6 Å². The lowest BCUT2D eigenvalue weighted by atomic mass is 10.1. The molecule has 0 aliphatic carbocycles. The molecule has 0 fully saturated rings. The Bertz CT molecular complexity index is 410. The molecule has 3 heteroatoms. The predicted molar refractivity (Wildman–Crippen MR) is 84.8 cm³/mol. The maximum absolute atomic E-state index is 5.89. The molecule has 0 radical (unpaired) electrons. The second-order valence-corrected chi connectivity index (χ2v) is 6.39. The van der Waals surface area contributed by atoms with E-state index in [1.807, 2.05) is 12.1 Å². The molecular formula is C17H29NO2. The molecule has 0 heterocycles. The van der Waals surface area contributed by atoms with Crippen molar-refractivity contribution in [3.05, 3.63) is 23.8 Å². The topological polar surface area (TPSA) is 30.5 Å². The Morgan fingerprint density at radius 1 is 1.20 bits per heavy atom. The average molecular weight is 279 g/mol. The van der Waals surface area contributed by atoms with Crippen LogP contribution in [0.3, 0.4) is 0 Å². The second-order valence-electron chi connectivity index (χ2n) is 6.39. The quantitative estimate of drug-likeness (QED) is 0.826. The number of aryl methyl sites for hydroxylation is 1. The highest BCUT2D eigenvalue weighted by molar-refractivity contribution is 5.42. The van der Waals surface area contributed by atoms with Crippen molar-refractivity contribution in [2.75, 3.05) is 20.3 Å². The standard InChI is InChI=1S/C17H29NO2/c1-7-14-8-9-15(16(10-14)19-6)20-12-13(2)11-18-17(3,4)5/h8-10,13,18H,7,11-12H2,1-6H3. The van der Waals surface area contributed by atoms with E-state index in [2.05, 4.69) is 46.0 Å². The highest BCUT2D eigenvalue weighted by atomic mass is 16.5. The van der Waals surface area contributed by atoms with Crippen LogP contribution < -0.4 is 14.8 Å². The van der Waals surface area contributed by atoms with Crippen molar-refractivity contribution in [1.29, 1.82) is 0 Å². The molecule has 114 valence electrons. The number of nitrogens with one attached hydrogen (secondary N) is 1. The van der Waals surface area contributed by atoms with Crippen LogP contribution in [0.1, 0.15) is 40.2 Å². The van der Waals surface area contributed by atoms with Gasteiger partial charge in [0.05, 0.1) is 13.7 Å². The molecule has 0 bridgehead atoms. The minimum atomic E-state index is 0.148. The van der Waals surface area contributed by atoms with Crippen molar-refractivity contribution in [2.24, 2.45) is 5.92 Å². The van der Waals surface area contributed by atoms with Crippen molar-refractivity contribution in [3.8, 4) is 11.5 Å². The van der Waals surface area contributed by atoms with Gasteiger partial charge in [-0.15, -0.1) is 0 Å². The van der Waals surface area contributed by atoms with E-state index in [1.165, 1.54) is 5.56 Å². The normalized spacial score (nSPS) is 13.1. The van der Waals surface area contributed by atoms with E-state index in [0.29, 0.717) is 12.5 Å². The van der Waals surface area contributed by atoms with Gasteiger partial charge in [-0.05, 0) is 44.9 Å². The molecule has 1 atom stereocenters. The number of rotatable bonds is 7. The third kappa shape index (κ3) is 5.83. The monoisotopic (exact) mass is 279 g/mol. The maximum Gasteiger partial charge on any atom is 0.161 e. The van der Waals surface area contributed by atoms with Crippen molar-refractivity contribution >= 4 is 0 Å². The molecule has 0 amide bonds. The van der Waals surface area contributed by atoms with Crippen LogP contribution >= 0.6 is 0 Å². The van der Waals surface area contributed by atoms with Crippen LogP contribution in [0.5, 0.6) is 11.5 Å². The van der Waals surface area contributed by atoms with Gasteiger partial charge in [-0.25, -0.2) is 0 Å². The van der Waals surface area contributed by atoms with Gasteiger partial charge in [-0.1, -0.05) is 19.9 Å². The summed E-state index contributed by atoms with van der Waals surface area (Å²) in [6.45, 7) is 12.5. The van der Waals surface area contributed by atoms with Crippen LogP contribution in [0.4, 0.5) is 0 Å². The molecule has 0 saturated heterocycles. The van der Waals surface area contributed by atoms with E-state index >= 15 is 0 Å².